The number of nitrogens with zero attached hydrogens (tertiary/aromatic N) is 2. The number of hydrogen-bond donors (Lipinski definition) is 0. The molecule has 0 fully saturated rings. The van der Waals surface area contributed by atoms with E-state index in [4.69, 9.17) is 0 Å². The van der Waals surface area contributed by atoms with Crippen molar-refractivity contribution in [3.8, 4) is 0 Å². The molecule has 0 aliphatic carbocycles. The van der Waals surface area contributed by atoms with Gasteiger partial charge in [-0.3, -0.25) is 14.6 Å². The van der Waals surface area contributed by atoms with Crippen molar-refractivity contribution < 1.29 is 18.7 Å². The molecule has 0 aliphatic heterocycles. The first-order valence-corrected chi connectivity index (χ1v) is 6.20. The summed E-state index contributed by atoms with van der Waals surface area (Å²) in [6.07, 6.45) is 0. The van der Waals surface area contributed by atoms with E-state index in [1.807, 2.05) is 0 Å². The minimum Gasteiger partial charge on any atom is -0.469 e. The molecule has 1 aromatic carbocycles. The zero-order chi connectivity index (χ0) is 15.3. The van der Waals surface area contributed by atoms with Crippen molar-refractivity contribution in [1.29, 1.82) is 0 Å². The van der Waals surface area contributed by atoms with Gasteiger partial charge in [0.1, 0.15) is 5.82 Å². The van der Waals surface area contributed by atoms with E-state index in [0.29, 0.717) is 0 Å². The van der Waals surface area contributed by atoms with Crippen molar-refractivity contribution in [2.75, 3.05) is 27.7 Å². The van der Waals surface area contributed by atoms with Crippen LogP contribution in [0.3, 0.4) is 0 Å². The zero-order valence-electron chi connectivity index (χ0n) is 12.1. The van der Waals surface area contributed by atoms with Gasteiger partial charge in [0.2, 0.25) is 0 Å². The monoisotopic (exact) mass is 282 g/mol. The molecular formula is C14H19FN2O3. The predicted octanol–water partition coefficient (Wildman–Crippen LogP) is 1.55. The van der Waals surface area contributed by atoms with Gasteiger partial charge in [0, 0.05) is 14.1 Å². The molecule has 0 saturated carbocycles. The van der Waals surface area contributed by atoms with Crippen LogP contribution >= 0.6 is 0 Å². The summed E-state index contributed by atoms with van der Waals surface area (Å²) >= 11 is 0. The van der Waals surface area contributed by atoms with E-state index in [9.17, 15) is 14.0 Å². The second-order valence-corrected chi connectivity index (χ2v) is 4.64. The molecule has 6 heteroatoms. The second kappa shape index (κ2) is 7.00. The maximum Gasteiger partial charge on any atom is 0.310 e. The smallest absolute Gasteiger partial charge is 0.310 e. The van der Waals surface area contributed by atoms with Gasteiger partial charge in [-0.1, -0.05) is 19.1 Å². The number of hydrazine groups is 1. The molecule has 1 aromatic rings. The number of carbonyl (C=O) groups excluding carboxylic acids is 2. The number of ether oxygens (including phenoxy) is 1. The van der Waals surface area contributed by atoms with E-state index in [0.717, 1.165) is 0 Å². The van der Waals surface area contributed by atoms with Crippen LogP contribution in [0.15, 0.2) is 24.3 Å². The Morgan fingerprint density at radius 3 is 2.40 bits per heavy atom. The Morgan fingerprint density at radius 2 is 1.90 bits per heavy atom. The van der Waals surface area contributed by atoms with Crippen LogP contribution in [-0.4, -0.2) is 49.6 Å². The van der Waals surface area contributed by atoms with Crippen LogP contribution in [-0.2, 0) is 9.53 Å². The summed E-state index contributed by atoms with van der Waals surface area (Å²) in [4.78, 5) is 23.8. The molecule has 1 rings (SSSR count). The SMILES string of the molecule is COC(=O)C(C)CN(C(=O)c1ccccc1F)N(C)C. The van der Waals surface area contributed by atoms with E-state index in [1.54, 1.807) is 27.1 Å². The number of methoxy groups -OCH3 is 1. The highest BCUT2D eigenvalue weighted by atomic mass is 19.1. The molecule has 0 heterocycles. The molecule has 5 nitrogen and oxygen atoms in total. The molecule has 0 bridgehead atoms. The Balaban J connectivity index is 2.95. The van der Waals surface area contributed by atoms with Gasteiger partial charge in [0.05, 0.1) is 25.1 Å². The lowest BCUT2D eigenvalue weighted by Crippen LogP contribution is -2.45. The van der Waals surface area contributed by atoms with E-state index in [2.05, 4.69) is 4.74 Å². The Bertz CT molecular complexity index is 491. The average molecular weight is 282 g/mol. The van der Waals surface area contributed by atoms with Crippen molar-refractivity contribution >= 4 is 11.9 Å². The molecule has 0 aromatic heterocycles. The molecule has 0 N–H and O–H groups in total. The second-order valence-electron chi connectivity index (χ2n) is 4.64. The molecule has 1 atom stereocenters. The van der Waals surface area contributed by atoms with E-state index in [-0.39, 0.29) is 12.1 Å². The van der Waals surface area contributed by atoms with Crippen molar-refractivity contribution in [3.63, 3.8) is 0 Å². The number of halogens is 1. The maximum atomic E-state index is 13.7. The zero-order valence-corrected chi connectivity index (χ0v) is 12.1. The topological polar surface area (TPSA) is 49.9 Å². The van der Waals surface area contributed by atoms with Gasteiger partial charge in [0.15, 0.2) is 0 Å². The van der Waals surface area contributed by atoms with Crippen LogP contribution in [0.1, 0.15) is 17.3 Å². The molecule has 110 valence electrons. The summed E-state index contributed by atoms with van der Waals surface area (Å²) in [6.45, 7) is 1.77. The molecule has 1 unspecified atom stereocenters. The van der Waals surface area contributed by atoms with E-state index in [1.165, 1.54) is 35.3 Å². The Labute approximate surface area is 117 Å². The average Bonchev–Trinajstić information content (AvgIpc) is 2.43. The highest BCUT2D eigenvalue weighted by Gasteiger charge is 2.25. The summed E-state index contributed by atoms with van der Waals surface area (Å²) < 4.78 is 18.3. The normalized spacial score (nSPS) is 12.1. The van der Waals surface area contributed by atoms with Gasteiger partial charge in [-0.15, -0.1) is 0 Å². The van der Waals surface area contributed by atoms with Crippen LogP contribution in [0.4, 0.5) is 4.39 Å². The van der Waals surface area contributed by atoms with Gasteiger partial charge in [-0.2, -0.15) is 0 Å². The minimum absolute atomic E-state index is 0.0294. The van der Waals surface area contributed by atoms with Gasteiger partial charge in [-0.25, -0.2) is 9.40 Å². The maximum absolute atomic E-state index is 13.7. The van der Waals surface area contributed by atoms with Gasteiger partial charge >= 0.3 is 5.97 Å². The Morgan fingerprint density at radius 1 is 1.30 bits per heavy atom. The number of amides is 1. The van der Waals surface area contributed by atoms with Gasteiger partial charge in [0.25, 0.3) is 5.91 Å². The van der Waals surface area contributed by atoms with Crippen molar-refractivity contribution in [2.24, 2.45) is 5.92 Å². The number of esters is 1. The predicted molar refractivity (Wildman–Crippen MR) is 72.3 cm³/mol. The fourth-order valence-corrected chi connectivity index (χ4v) is 1.74. The molecule has 0 saturated heterocycles. The van der Waals surface area contributed by atoms with E-state index >= 15 is 0 Å². The third kappa shape index (κ3) is 3.77. The van der Waals surface area contributed by atoms with E-state index < -0.39 is 23.6 Å². The van der Waals surface area contributed by atoms with Crippen LogP contribution in [0, 0.1) is 11.7 Å². The molecule has 0 aliphatic rings. The molecule has 0 radical (unpaired) electrons. The Kier molecular flexibility index (Phi) is 5.64. The molecular weight excluding hydrogens is 263 g/mol. The third-order valence-corrected chi connectivity index (χ3v) is 2.87. The first-order valence-electron chi connectivity index (χ1n) is 6.20. The lowest BCUT2D eigenvalue weighted by Gasteiger charge is -2.30. The molecule has 20 heavy (non-hydrogen) atoms. The molecule has 1 amide bonds. The number of carbonyl (C=O) groups is 2. The molecule has 0 spiro atoms. The minimum atomic E-state index is -0.588. The highest BCUT2D eigenvalue weighted by molar-refractivity contribution is 5.94. The first-order chi connectivity index (χ1) is 9.38. The lowest BCUT2D eigenvalue weighted by molar-refractivity contribution is -0.146. The number of hydrogen-bond acceptors (Lipinski definition) is 4. The highest BCUT2D eigenvalue weighted by Crippen LogP contribution is 2.13. The fourth-order valence-electron chi connectivity index (χ4n) is 1.74. The lowest BCUT2D eigenvalue weighted by atomic mass is 10.1. The van der Waals surface area contributed by atoms with Gasteiger partial charge < -0.3 is 4.74 Å². The summed E-state index contributed by atoms with van der Waals surface area (Å²) in [5.74, 6) is -2.00. The summed E-state index contributed by atoms with van der Waals surface area (Å²) in [5, 5.41) is 2.83. The number of rotatable bonds is 5. The van der Waals surface area contributed by atoms with Crippen molar-refractivity contribution in [3.05, 3.63) is 35.6 Å². The van der Waals surface area contributed by atoms with Gasteiger partial charge in [-0.05, 0) is 12.1 Å². The summed E-state index contributed by atoms with van der Waals surface area (Å²) in [7, 11) is 4.60. The van der Waals surface area contributed by atoms with Crippen LogP contribution in [0.5, 0.6) is 0 Å². The largest absolute Gasteiger partial charge is 0.469 e. The fraction of sp³-hybridized carbons (Fsp3) is 0.429. The quantitative estimate of drug-likeness (QED) is 0.607. The van der Waals surface area contributed by atoms with Crippen molar-refractivity contribution in [2.45, 2.75) is 6.92 Å². The third-order valence-electron chi connectivity index (χ3n) is 2.87. The van der Waals surface area contributed by atoms with Crippen molar-refractivity contribution in [1.82, 2.24) is 10.0 Å². The summed E-state index contributed by atoms with van der Waals surface area (Å²) in [5.41, 5.74) is -0.0294. The number of benzene rings is 1. The van der Waals surface area contributed by atoms with Crippen LogP contribution < -0.4 is 0 Å². The van der Waals surface area contributed by atoms with Crippen LogP contribution in [0.25, 0.3) is 0 Å². The first kappa shape index (κ1) is 16.1. The summed E-state index contributed by atoms with van der Waals surface area (Å²) in [6, 6.07) is 5.75. The Hall–Kier alpha value is -1.95. The standard InChI is InChI=1S/C14H19FN2O3/c1-10(14(19)20-4)9-17(16(2)3)13(18)11-7-5-6-8-12(11)15/h5-8,10H,9H2,1-4H3. The van der Waals surface area contributed by atoms with Crippen LogP contribution in [0.2, 0.25) is 0 Å².